The molecule has 17 heavy (non-hydrogen) atoms. The van der Waals surface area contributed by atoms with Gasteiger partial charge in [0.05, 0.1) is 17.1 Å². The Morgan fingerprint density at radius 3 is 2.94 bits per heavy atom. The van der Waals surface area contributed by atoms with Gasteiger partial charge >= 0.3 is 0 Å². The molecule has 0 bridgehead atoms. The highest BCUT2D eigenvalue weighted by Crippen LogP contribution is 2.19. The summed E-state index contributed by atoms with van der Waals surface area (Å²) in [6.07, 6.45) is 0. The van der Waals surface area contributed by atoms with Crippen LogP contribution in [-0.2, 0) is 6.54 Å². The summed E-state index contributed by atoms with van der Waals surface area (Å²) in [5.41, 5.74) is 6.55. The van der Waals surface area contributed by atoms with Crippen LogP contribution in [0.25, 0.3) is 0 Å². The Bertz CT molecular complexity index is 525. The van der Waals surface area contributed by atoms with Gasteiger partial charge in [-0.1, -0.05) is 17.7 Å². The second-order valence-electron chi connectivity index (χ2n) is 3.50. The fourth-order valence-corrected chi connectivity index (χ4v) is 2.24. The summed E-state index contributed by atoms with van der Waals surface area (Å²) in [5, 5.41) is 5.17. The van der Waals surface area contributed by atoms with Gasteiger partial charge in [0.25, 0.3) is 5.91 Å². The van der Waals surface area contributed by atoms with Crippen molar-refractivity contribution >= 4 is 34.5 Å². The van der Waals surface area contributed by atoms with Gasteiger partial charge in [-0.25, -0.2) is 0 Å². The quantitative estimate of drug-likeness (QED) is 0.840. The molecule has 0 atom stereocenters. The molecule has 1 amide bonds. The Morgan fingerprint density at radius 1 is 1.41 bits per heavy atom. The van der Waals surface area contributed by atoms with E-state index in [0.29, 0.717) is 22.8 Å². The molecule has 0 fully saturated rings. The lowest BCUT2D eigenvalue weighted by molar-refractivity contribution is 0.0951. The lowest BCUT2D eigenvalue weighted by Crippen LogP contribution is -2.22. The summed E-state index contributed by atoms with van der Waals surface area (Å²) >= 11 is 7.53. The number of anilines is 1. The molecule has 0 aliphatic heterocycles. The number of benzene rings is 1. The van der Waals surface area contributed by atoms with Gasteiger partial charge in [0, 0.05) is 10.6 Å². The maximum absolute atomic E-state index is 11.9. The minimum Gasteiger partial charge on any atom is -0.399 e. The third-order valence-electron chi connectivity index (χ3n) is 2.24. The summed E-state index contributed by atoms with van der Waals surface area (Å²) in [5.74, 6) is -0.212. The second-order valence-corrected chi connectivity index (χ2v) is 4.94. The van der Waals surface area contributed by atoms with Gasteiger partial charge in [-0.3, -0.25) is 4.79 Å². The molecular formula is C12H11ClN2OS. The molecule has 0 aliphatic rings. The number of nitrogens with two attached hydrogens (primary N) is 1. The molecule has 0 radical (unpaired) electrons. The number of nitrogens with one attached hydrogen (secondary N) is 1. The van der Waals surface area contributed by atoms with Crippen molar-refractivity contribution in [3.8, 4) is 0 Å². The molecule has 2 rings (SSSR count). The van der Waals surface area contributed by atoms with E-state index in [0.717, 1.165) is 4.88 Å². The van der Waals surface area contributed by atoms with E-state index >= 15 is 0 Å². The van der Waals surface area contributed by atoms with Gasteiger partial charge in [-0.2, -0.15) is 0 Å². The van der Waals surface area contributed by atoms with Crippen LogP contribution < -0.4 is 11.1 Å². The van der Waals surface area contributed by atoms with E-state index in [1.165, 1.54) is 0 Å². The maximum atomic E-state index is 11.9. The van der Waals surface area contributed by atoms with Gasteiger partial charge in [0.2, 0.25) is 0 Å². The molecule has 1 aromatic carbocycles. The number of thiophene rings is 1. The first-order valence-electron chi connectivity index (χ1n) is 5.02. The van der Waals surface area contributed by atoms with Crippen molar-refractivity contribution in [1.82, 2.24) is 5.32 Å². The predicted molar refractivity (Wildman–Crippen MR) is 71.4 cm³/mol. The molecule has 2 aromatic rings. The Balaban J connectivity index is 2.07. The van der Waals surface area contributed by atoms with Crippen LogP contribution in [0, 0.1) is 0 Å². The van der Waals surface area contributed by atoms with Crippen LogP contribution in [0.4, 0.5) is 5.69 Å². The number of carbonyl (C=O) groups is 1. The third-order valence-corrected chi connectivity index (χ3v) is 3.44. The monoisotopic (exact) mass is 266 g/mol. The zero-order valence-corrected chi connectivity index (χ0v) is 10.5. The molecule has 0 spiro atoms. The largest absolute Gasteiger partial charge is 0.399 e. The van der Waals surface area contributed by atoms with E-state index in [2.05, 4.69) is 5.32 Å². The SMILES string of the molecule is Nc1ccc(Cl)c(C(=O)NCc2cccs2)c1. The number of nitrogen functional groups attached to an aromatic ring is 1. The van der Waals surface area contributed by atoms with E-state index in [-0.39, 0.29) is 5.91 Å². The Labute approximate surface area is 108 Å². The summed E-state index contributed by atoms with van der Waals surface area (Å²) < 4.78 is 0. The highest BCUT2D eigenvalue weighted by molar-refractivity contribution is 7.09. The van der Waals surface area contributed by atoms with Crippen LogP contribution in [0.5, 0.6) is 0 Å². The van der Waals surface area contributed by atoms with Crippen LogP contribution in [0.1, 0.15) is 15.2 Å². The normalized spacial score (nSPS) is 10.2. The van der Waals surface area contributed by atoms with E-state index in [4.69, 9.17) is 17.3 Å². The molecule has 1 heterocycles. The molecule has 0 aliphatic carbocycles. The zero-order chi connectivity index (χ0) is 12.3. The van der Waals surface area contributed by atoms with E-state index in [1.54, 1.807) is 29.5 Å². The lowest BCUT2D eigenvalue weighted by atomic mass is 10.2. The van der Waals surface area contributed by atoms with Crippen molar-refractivity contribution in [2.75, 3.05) is 5.73 Å². The van der Waals surface area contributed by atoms with E-state index in [9.17, 15) is 4.79 Å². The maximum Gasteiger partial charge on any atom is 0.253 e. The lowest BCUT2D eigenvalue weighted by Gasteiger charge is -2.06. The topological polar surface area (TPSA) is 55.1 Å². The number of carbonyl (C=O) groups excluding carboxylic acids is 1. The Hall–Kier alpha value is -1.52. The molecule has 0 saturated carbocycles. The average molecular weight is 267 g/mol. The summed E-state index contributed by atoms with van der Waals surface area (Å²) in [6.45, 7) is 0.502. The van der Waals surface area contributed by atoms with Crippen molar-refractivity contribution in [2.24, 2.45) is 0 Å². The van der Waals surface area contributed by atoms with Gasteiger partial charge in [0.15, 0.2) is 0 Å². The number of hydrogen-bond acceptors (Lipinski definition) is 3. The molecule has 0 unspecified atom stereocenters. The van der Waals surface area contributed by atoms with Crippen LogP contribution in [0.2, 0.25) is 5.02 Å². The first-order chi connectivity index (χ1) is 8.16. The first-order valence-corrected chi connectivity index (χ1v) is 6.28. The van der Waals surface area contributed by atoms with Gasteiger partial charge in [0.1, 0.15) is 0 Å². The number of halogens is 1. The van der Waals surface area contributed by atoms with Gasteiger partial charge in [-0.15, -0.1) is 11.3 Å². The average Bonchev–Trinajstić information content (AvgIpc) is 2.82. The minimum atomic E-state index is -0.212. The van der Waals surface area contributed by atoms with Crippen molar-refractivity contribution in [3.05, 3.63) is 51.2 Å². The second kappa shape index (κ2) is 5.21. The first kappa shape index (κ1) is 12.0. The summed E-state index contributed by atoms with van der Waals surface area (Å²) in [6, 6.07) is 8.77. The fraction of sp³-hybridized carbons (Fsp3) is 0.0833. The van der Waals surface area contributed by atoms with Crippen molar-refractivity contribution in [2.45, 2.75) is 6.54 Å². The number of amides is 1. The molecule has 1 aromatic heterocycles. The van der Waals surface area contributed by atoms with Gasteiger partial charge in [-0.05, 0) is 29.6 Å². The van der Waals surface area contributed by atoms with Crippen molar-refractivity contribution in [3.63, 3.8) is 0 Å². The minimum absolute atomic E-state index is 0.212. The third kappa shape index (κ3) is 2.99. The molecule has 3 nitrogen and oxygen atoms in total. The Kier molecular flexibility index (Phi) is 3.66. The smallest absolute Gasteiger partial charge is 0.253 e. The van der Waals surface area contributed by atoms with Crippen LogP contribution in [0.3, 0.4) is 0 Å². The predicted octanol–water partition coefficient (Wildman–Crippen LogP) is 2.91. The van der Waals surface area contributed by atoms with Crippen molar-refractivity contribution < 1.29 is 4.79 Å². The van der Waals surface area contributed by atoms with E-state index in [1.807, 2.05) is 17.5 Å². The van der Waals surface area contributed by atoms with Crippen LogP contribution >= 0.6 is 22.9 Å². The highest BCUT2D eigenvalue weighted by atomic mass is 35.5. The number of rotatable bonds is 3. The van der Waals surface area contributed by atoms with Crippen LogP contribution in [-0.4, -0.2) is 5.91 Å². The molecule has 3 N–H and O–H groups in total. The van der Waals surface area contributed by atoms with Gasteiger partial charge < -0.3 is 11.1 Å². The van der Waals surface area contributed by atoms with E-state index < -0.39 is 0 Å². The Morgan fingerprint density at radius 2 is 2.24 bits per heavy atom. The summed E-state index contributed by atoms with van der Waals surface area (Å²) in [4.78, 5) is 13.0. The number of hydrogen-bond donors (Lipinski definition) is 2. The zero-order valence-electron chi connectivity index (χ0n) is 8.94. The molecule has 5 heteroatoms. The summed E-state index contributed by atoms with van der Waals surface area (Å²) in [7, 11) is 0. The highest BCUT2D eigenvalue weighted by Gasteiger charge is 2.10. The molecular weight excluding hydrogens is 256 g/mol. The fourth-order valence-electron chi connectivity index (χ4n) is 1.39. The molecule has 0 saturated heterocycles. The molecule has 88 valence electrons. The van der Waals surface area contributed by atoms with Crippen LogP contribution in [0.15, 0.2) is 35.7 Å². The standard InChI is InChI=1S/C12H11ClN2OS/c13-11-4-3-8(14)6-10(11)12(16)15-7-9-2-1-5-17-9/h1-6H,7,14H2,(H,15,16). The van der Waals surface area contributed by atoms with Crippen molar-refractivity contribution in [1.29, 1.82) is 0 Å².